The lowest BCUT2D eigenvalue weighted by Gasteiger charge is -2.21. The minimum Gasteiger partial charge on any atom is -0.480 e. The Labute approximate surface area is 117 Å². The van der Waals surface area contributed by atoms with Crippen LogP contribution in [0.5, 0.6) is 0 Å². The number of hydrogen-bond donors (Lipinski definition) is 1. The third-order valence-corrected chi connectivity index (χ3v) is 4.36. The molecule has 1 heterocycles. The molecule has 0 bridgehead atoms. The van der Waals surface area contributed by atoms with Gasteiger partial charge in [-0.15, -0.1) is 11.8 Å². The molecule has 2 rings (SSSR count). The summed E-state index contributed by atoms with van der Waals surface area (Å²) in [5.74, 6) is -0.275. The lowest BCUT2D eigenvalue weighted by Crippen LogP contribution is -2.42. The lowest BCUT2D eigenvalue weighted by atomic mass is 10.1. The maximum Gasteiger partial charge on any atom is 0.327 e. The third-order valence-electron chi connectivity index (χ3n) is 2.86. The van der Waals surface area contributed by atoms with E-state index in [-0.39, 0.29) is 5.91 Å². The summed E-state index contributed by atoms with van der Waals surface area (Å²) in [6.45, 7) is 1.85. The largest absolute Gasteiger partial charge is 0.480 e. The number of thioether (sulfide) groups is 1. The van der Waals surface area contributed by atoms with Gasteiger partial charge in [0.1, 0.15) is 6.04 Å². The van der Waals surface area contributed by atoms with Gasteiger partial charge in [-0.05, 0) is 24.6 Å². The number of hydrogen-bond acceptors (Lipinski definition) is 3. The normalized spacial score (nSPS) is 19.0. The minimum atomic E-state index is -0.944. The van der Waals surface area contributed by atoms with Crippen LogP contribution in [0.25, 0.3) is 0 Å². The molecule has 0 saturated carbocycles. The van der Waals surface area contributed by atoms with E-state index in [1.165, 1.54) is 16.7 Å². The monoisotopic (exact) mass is 329 g/mol. The van der Waals surface area contributed by atoms with Crippen LogP contribution in [-0.4, -0.2) is 39.6 Å². The Hall–Kier alpha value is -1.01. The van der Waals surface area contributed by atoms with Crippen LogP contribution < -0.4 is 0 Å². The van der Waals surface area contributed by atoms with Crippen molar-refractivity contribution in [2.24, 2.45) is 0 Å². The van der Waals surface area contributed by atoms with Crippen molar-refractivity contribution in [3.05, 3.63) is 33.8 Å². The van der Waals surface area contributed by atoms with Gasteiger partial charge < -0.3 is 10.0 Å². The Kier molecular flexibility index (Phi) is 3.97. The summed E-state index contributed by atoms with van der Waals surface area (Å²) in [5, 5.41) is 9.09. The van der Waals surface area contributed by atoms with Gasteiger partial charge in [0.05, 0.1) is 5.88 Å². The molecule has 1 aromatic rings. The van der Waals surface area contributed by atoms with E-state index in [1.54, 1.807) is 6.07 Å². The first-order valence-electron chi connectivity index (χ1n) is 5.38. The fourth-order valence-corrected chi connectivity index (χ4v) is 3.33. The van der Waals surface area contributed by atoms with E-state index in [2.05, 4.69) is 15.9 Å². The van der Waals surface area contributed by atoms with Gasteiger partial charge >= 0.3 is 5.97 Å². The van der Waals surface area contributed by atoms with E-state index in [4.69, 9.17) is 5.11 Å². The van der Waals surface area contributed by atoms with Crippen molar-refractivity contribution < 1.29 is 14.7 Å². The summed E-state index contributed by atoms with van der Waals surface area (Å²) in [7, 11) is 0. The number of nitrogens with zero attached hydrogens (tertiary/aromatic N) is 1. The van der Waals surface area contributed by atoms with E-state index in [0.717, 1.165) is 10.0 Å². The number of amides is 1. The van der Waals surface area contributed by atoms with E-state index >= 15 is 0 Å². The number of aliphatic carboxylic acids is 1. The van der Waals surface area contributed by atoms with Crippen molar-refractivity contribution in [3.8, 4) is 0 Å². The van der Waals surface area contributed by atoms with Gasteiger partial charge in [-0.2, -0.15) is 0 Å². The van der Waals surface area contributed by atoms with Crippen molar-refractivity contribution in [1.29, 1.82) is 0 Å². The van der Waals surface area contributed by atoms with Gasteiger partial charge in [-0.3, -0.25) is 4.79 Å². The van der Waals surface area contributed by atoms with Gasteiger partial charge in [0.25, 0.3) is 5.91 Å². The predicted molar refractivity (Wildman–Crippen MR) is 73.8 cm³/mol. The highest BCUT2D eigenvalue weighted by molar-refractivity contribution is 9.10. The minimum absolute atomic E-state index is 0.216. The standard InChI is InChI=1S/C12H12BrNO3S/c1-7-2-3-8(13)4-9(7)11(15)14-6-18-5-10(14)12(16)17/h2-4,10H,5-6H2,1H3,(H,16,17)/t10-/m0/s1. The van der Waals surface area contributed by atoms with Gasteiger partial charge in [-0.1, -0.05) is 22.0 Å². The number of rotatable bonds is 2. The Balaban J connectivity index is 2.31. The first kappa shape index (κ1) is 13.4. The molecular formula is C12H12BrNO3S. The molecule has 0 radical (unpaired) electrons. The van der Waals surface area contributed by atoms with E-state index in [0.29, 0.717) is 17.2 Å². The molecule has 96 valence electrons. The number of halogens is 1. The molecule has 1 atom stereocenters. The van der Waals surface area contributed by atoms with E-state index < -0.39 is 12.0 Å². The molecule has 1 saturated heterocycles. The summed E-state index contributed by atoms with van der Waals surface area (Å²) >= 11 is 4.79. The zero-order valence-corrected chi connectivity index (χ0v) is 12.1. The van der Waals surface area contributed by atoms with Gasteiger partial charge in [-0.25, -0.2) is 4.79 Å². The molecule has 0 spiro atoms. The van der Waals surface area contributed by atoms with E-state index in [9.17, 15) is 9.59 Å². The fraction of sp³-hybridized carbons (Fsp3) is 0.333. The second-order valence-corrected chi connectivity index (χ2v) is 6.00. The molecule has 1 aromatic carbocycles. The predicted octanol–water partition coefficient (Wildman–Crippen LogP) is 2.36. The number of carbonyl (C=O) groups is 2. The average molecular weight is 330 g/mol. The molecular weight excluding hydrogens is 318 g/mol. The number of carboxylic acid groups (broad SMARTS) is 1. The topological polar surface area (TPSA) is 57.6 Å². The molecule has 1 amide bonds. The highest BCUT2D eigenvalue weighted by Gasteiger charge is 2.35. The molecule has 0 aromatic heterocycles. The molecule has 0 aliphatic carbocycles. The second kappa shape index (κ2) is 5.32. The Bertz CT molecular complexity index is 506. The van der Waals surface area contributed by atoms with Crippen LogP contribution >= 0.6 is 27.7 Å². The summed E-state index contributed by atoms with van der Waals surface area (Å²) < 4.78 is 0.815. The lowest BCUT2D eigenvalue weighted by molar-refractivity contribution is -0.140. The van der Waals surface area contributed by atoms with Crippen molar-refractivity contribution in [1.82, 2.24) is 4.90 Å². The number of carboxylic acids is 1. The summed E-state index contributed by atoms with van der Waals surface area (Å²) in [6.07, 6.45) is 0. The second-order valence-electron chi connectivity index (χ2n) is 4.09. The maximum atomic E-state index is 12.4. The Morgan fingerprint density at radius 2 is 2.22 bits per heavy atom. The Morgan fingerprint density at radius 1 is 1.50 bits per heavy atom. The van der Waals surface area contributed by atoms with Crippen LogP contribution in [0.4, 0.5) is 0 Å². The molecule has 4 nitrogen and oxygen atoms in total. The number of benzene rings is 1. The fourth-order valence-electron chi connectivity index (χ4n) is 1.83. The molecule has 1 fully saturated rings. The van der Waals surface area contributed by atoms with Crippen molar-refractivity contribution in [2.75, 3.05) is 11.6 Å². The third kappa shape index (κ3) is 2.54. The van der Waals surface area contributed by atoms with Crippen molar-refractivity contribution in [2.45, 2.75) is 13.0 Å². The first-order valence-corrected chi connectivity index (χ1v) is 7.33. The van der Waals surface area contributed by atoms with Crippen LogP contribution in [0.15, 0.2) is 22.7 Å². The van der Waals surface area contributed by atoms with Crippen molar-refractivity contribution in [3.63, 3.8) is 0 Å². The maximum absolute atomic E-state index is 12.4. The zero-order valence-electron chi connectivity index (χ0n) is 9.72. The van der Waals surface area contributed by atoms with Gasteiger partial charge in [0.15, 0.2) is 0 Å². The molecule has 1 N–H and O–H groups in total. The molecule has 18 heavy (non-hydrogen) atoms. The molecule has 1 aliphatic heterocycles. The summed E-state index contributed by atoms with van der Waals surface area (Å²) in [5.41, 5.74) is 1.40. The molecule has 6 heteroatoms. The van der Waals surface area contributed by atoms with Crippen LogP contribution in [0, 0.1) is 6.92 Å². The number of carbonyl (C=O) groups excluding carboxylic acids is 1. The average Bonchev–Trinajstić information content (AvgIpc) is 2.80. The smallest absolute Gasteiger partial charge is 0.327 e. The zero-order chi connectivity index (χ0) is 13.3. The molecule has 1 aliphatic rings. The van der Waals surface area contributed by atoms with Gasteiger partial charge in [0, 0.05) is 15.8 Å². The highest BCUT2D eigenvalue weighted by Crippen LogP contribution is 2.25. The SMILES string of the molecule is Cc1ccc(Br)cc1C(=O)N1CSC[C@H]1C(=O)O. The van der Waals surface area contributed by atoms with Crippen LogP contribution in [0.3, 0.4) is 0 Å². The van der Waals surface area contributed by atoms with E-state index in [1.807, 2.05) is 19.1 Å². The quantitative estimate of drug-likeness (QED) is 0.904. The molecule has 0 unspecified atom stereocenters. The number of aryl methyl sites for hydroxylation is 1. The van der Waals surface area contributed by atoms with Gasteiger partial charge in [0.2, 0.25) is 0 Å². The Morgan fingerprint density at radius 3 is 2.89 bits per heavy atom. The van der Waals surface area contributed by atoms with Crippen LogP contribution in [-0.2, 0) is 4.79 Å². The van der Waals surface area contributed by atoms with Crippen LogP contribution in [0.2, 0.25) is 0 Å². The van der Waals surface area contributed by atoms with Crippen molar-refractivity contribution >= 4 is 39.6 Å². The first-order chi connectivity index (χ1) is 8.50. The summed E-state index contributed by atoms with van der Waals surface area (Å²) in [6, 6.07) is 4.72. The summed E-state index contributed by atoms with van der Waals surface area (Å²) in [4.78, 5) is 24.9. The van der Waals surface area contributed by atoms with Crippen LogP contribution in [0.1, 0.15) is 15.9 Å². The highest BCUT2D eigenvalue weighted by atomic mass is 79.9.